The molecule has 0 amide bonds. The lowest BCUT2D eigenvalue weighted by Crippen LogP contribution is -2.38. The first kappa shape index (κ1) is 29.3. The van der Waals surface area contributed by atoms with Gasteiger partial charge < -0.3 is 4.57 Å². The molecule has 0 unspecified atom stereocenters. The van der Waals surface area contributed by atoms with Gasteiger partial charge in [-0.2, -0.15) is 0 Å². The molecule has 0 saturated carbocycles. The van der Waals surface area contributed by atoms with E-state index in [4.69, 9.17) is 4.99 Å². The molecule has 7 aromatic rings. The van der Waals surface area contributed by atoms with E-state index in [9.17, 15) is 9.18 Å². The molecular weight excluding hydrogens is 626 g/mol. The van der Waals surface area contributed by atoms with Crippen molar-refractivity contribution in [2.24, 2.45) is 4.99 Å². The molecule has 2 aliphatic rings. The van der Waals surface area contributed by atoms with Crippen LogP contribution >= 0.6 is 11.3 Å². The first-order chi connectivity index (χ1) is 24.1. The van der Waals surface area contributed by atoms with Crippen molar-refractivity contribution in [1.29, 1.82) is 0 Å². The molecule has 0 radical (unpaired) electrons. The number of nitrogens with zero attached hydrogens (tertiary/aromatic N) is 3. The van der Waals surface area contributed by atoms with E-state index in [1.54, 1.807) is 12.1 Å². The second kappa shape index (κ2) is 12.0. The van der Waals surface area contributed by atoms with E-state index in [1.165, 1.54) is 29.0 Å². The Balaban J connectivity index is 1.32. The van der Waals surface area contributed by atoms with E-state index in [2.05, 4.69) is 65.2 Å². The monoisotopic (exact) mass is 655 g/mol. The predicted octanol–water partition coefficient (Wildman–Crippen LogP) is 8.58. The van der Waals surface area contributed by atoms with Crippen LogP contribution in [0.4, 0.5) is 4.39 Å². The number of fused-ring (bicyclic) bond motifs is 3. The lowest BCUT2D eigenvalue weighted by Gasteiger charge is -2.30. The summed E-state index contributed by atoms with van der Waals surface area (Å²) in [5.41, 5.74) is 11.3. The molecule has 6 heteroatoms. The first-order valence-corrected chi connectivity index (χ1v) is 17.3. The van der Waals surface area contributed by atoms with E-state index >= 15 is 0 Å². The Hall–Kier alpha value is -5.85. The van der Waals surface area contributed by atoms with Crippen molar-refractivity contribution in [1.82, 2.24) is 9.13 Å². The third-order valence-corrected chi connectivity index (χ3v) is 10.5. The molecule has 0 saturated heterocycles. The third kappa shape index (κ3) is 5.04. The highest BCUT2D eigenvalue weighted by molar-refractivity contribution is 7.07. The summed E-state index contributed by atoms with van der Waals surface area (Å²) in [7, 11) is 0. The van der Waals surface area contributed by atoms with Crippen molar-refractivity contribution in [2.75, 3.05) is 0 Å². The molecule has 0 N–H and O–H groups in total. The van der Waals surface area contributed by atoms with E-state index in [0.29, 0.717) is 9.33 Å². The van der Waals surface area contributed by atoms with Crippen molar-refractivity contribution < 1.29 is 4.39 Å². The summed E-state index contributed by atoms with van der Waals surface area (Å²) in [6, 6.07) is 47.8. The van der Waals surface area contributed by atoms with Crippen LogP contribution in [0.15, 0.2) is 161 Å². The van der Waals surface area contributed by atoms with Crippen molar-refractivity contribution in [3.63, 3.8) is 0 Å². The van der Waals surface area contributed by atoms with Crippen molar-refractivity contribution in [3.05, 3.63) is 199 Å². The molecule has 2 aromatic heterocycles. The highest BCUT2D eigenvalue weighted by atomic mass is 32.1. The van der Waals surface area contributed by atoms with Crippen LogP contribution in [0, 0.1) is 5.82 Å². The second-order valence-electron chi connectivity index (χ2n) is 12.4. The minimum absolute atomic E-state index is 0.101. The van der Waals surface area contributed by atoms with Gasteiger partial charge >= 0.3 is 0 Å². The molecular formula is C43H30FN3OS. The van der Waals surface area contributed by atoms with Gasteiger partial charge in [0, 0.05) is 16.8 Å². The van der Waals surface area contributed by atoms with Gasteiger partial charge in [-0.15, -0.1) is 0 Å². The summed E-state index contributed by atoms with van der Waals surface area (Å²) in [6.45, 7) is 0. The van der Waals surface area contributed by atoms with Gasteiger partial charge in [-0.05, 0) is 77.1 Å². The largest absolute Gasteiger partial charge is 0.309 e. The Morgan fingerprint density at radius 2 is 1.39 bits per heavy atom. The van der Waals surface area contributed by atoms with Crippen LogP contribution < -0.4 is 14.9 Å². The van der Waals surface area contributed by atoms with Gasteiger partial charge in [0.15, 0.2) is 4.80 Å². The number of hydrogen-bond donors (Lipinski definition) is 0. The Labute approximate surface area is 286 Å². The highest BCUT2D eigenvalue weighted by Gasteiger charge is 2.32. The molecule has 49 heavy (non-hydrogen) atoms. The topological polar surface area (TPSA) is 39.3 Å². The van der Waals surface area contributed by atoms with Gasteiger partial charge in [0.2, 0.25) is 0 Å². The summed E-state index contributed by atoms with van der Waals surface area (Å²) in [6.07, 6.45) is 3.67. The molecule has 236 valence electrons. The van der Waals surface area contributed by atoms with E-state index < -0.39 is 0 Å². The summed E-state index contributed by atoms with van der Waals surface area (Å²) in [5.74, 6) is -0.301. The van der Waals surface area contributed by atoms with Crippen molar-refractivity contribution >= 4 is 23.1 Å². The number of thiazole rings is 1. The number of rotatable bonds is 5. The highest BCUT2D eigenvalue weighted by Crippen LogP contribution is 2.41. The van der Waals surface area contributed by atoms with Crippen LogP contribution in [0.1, 0.15) is 34.7 Å². The number of aryl methyl sites for hydroxylation is 1. The maximum absolute atomic E-state index is 14.6. The van der Waals surface area contributed by atoms with Crippen LogP contribution in [0.25, 0.3) is 40.0 Å². The lowest BCUT2D eigenvalue weighted by molar-refractivity contribution is 0.581. The molecule has 1 aliphatic carbocycles. The molecule has 5 aromatic carbocycles. The number of halogens is 1. The molecule has 0 bridgehead atoms. The molecule has 3 heterocycles. The molecule has 9 rings (SSSR count). The van der Waals surface area contributed by atoms with Crippen LogP contribution in [0.2, 0.25) is 0 Å². The molecule has 0 fully saturated rings. The average Bonchev–Trinajstić information content (AvgIpc) is 3.69. The van der Waals surface area contributed by atoms with Crippen molar-refractivity contribution in [3.8, 4) is 28.2 Å². The van der Waals surface area contributed by atoms with Crippen molar-refractivity contribution in [2.45, 2.75) is 18.9 Å². The van der Waals surface area contributed by atoms with Gasteiger partial charge in [0.1, 0.15) is 5.82 Å². The van der Waals surface area contributed by atoms with E-state index in [0.717, 1.165) is 69.0 Å². The quantitative estimate of drug-likeness (QED) is 0.183. The second-order valence-corrected chi connectivity index (χ2v) is 13.4. The molecule has 1 atom stereocenters. The zero-order valence-electron chi connectivity index (χ0n) is 26.5. The summed E-state index contributed by atoms with van der Waals surface area (Å²) >= 11 is 1.41. The summed E-state index contributed by atoms with van der Waals surface area (Å²) < 4.78 is 18.9. The minimum atomic E-state index is -0.371. The van der Waals surface area contributed by atoms with Gasteiger partial charge in [-0.3, -0.25) is 9.36 Å². The van der Waals surface area contributed by atoms with Gasteiger partial charge in [-0.1, -0.05) is 127 Å². The number of aromatic nitrogens is 2. The fourth-order valence-corrected chi connectivity index (χ4v) is 8.30. The zero-order chi connectivity index (χ0) is 32.9. The van der Waals surface area contributed by atoms with Gasteiger partial charge in [0.25, 0.3) is 5.56 Å². The van der Waals surface area contributed by atoms with Gasteiger partial charge in [-0.25, -0.2) is 9.38 Å². The molecule has 1 aliphatic heterocycles. The maximum atomic E-state index is 14.6. The number of hydrogen-bond acceptors (Lipinski definition) is 3. The van der Waals surface area contributed by atoms with Gasteiger partial charge in [0.05, 0.1) is 27.7 Å². The van der Waals surface area contributed by atoms with Crippen LogP contribution in [0.3, 0.4) is 0 Å². The van der Waals surface area contributed by atoms with Crippen LogP contribution in [0.5, 0.6) is 0 Å². The number of allylic oxidation sites excluding steroid dienone is 1. The van der Waals surface area contributed by atoms with Crippen LogP contribution in [-0.4, -0.2) is 9.13 Å². The Kier molecular flexibility index (Phi) is 7.17. The summed E-state index contributed by atoms with van der Waals surface area (Å²) in [5, 5.41) is 0. The SMILES string of the molecule is O=c1/c(=C\c2cc(-c3ccccc3)n(-c3ccccc3)c2-c2ccccc2)sc2n1[C@@H](c1ccc(F)cc1)C1=C(N=2)c2ccccc2CC1. The fraction of sp³-hybridized carbons (Fsp3) is 0.0698. The number of benzene rings is 5. The Morgan fingerprint density at radius 1 is 0.735 bits per heavy atom. The summed E-state index contributed by atoms with van der Waals surface area (Å²) in [4.78, 5) is 20.5. The standard InChI is InChI=1S/C43H30FN3OS/c44-33-23-20-31(21-24-33)41-36-25-22-28-12-10-11-19-35(28)39(36)45-43-47(41)42(48)38(49-43)27-32-26-37(29-13-4-1-5-14-29)46(34-17-8-3-9-18-34)40(32)30-15-6-2-7-16-30/h1-21,23-24,26-27,41H,22,25H2/b38-27+/t41-/m0/s1. The average molecular weight is 656 g/mol. The lowest BCUT2D eigenvalue weighted by atomic mass is 9.83. The predicted molar refractivity (Wildman–Crippen MR) is 196 cm³/mol. The molecule has 0 spiro atoms. The normalized spacial score (nSPS) is 15.4. The number of para-hydroxylation sites is 1. The zero-order valence-corrected chi connectivity index (χ0v) is 27.3. The van der Waals surface area contributed by atoms with Crippen LogP contribution in [-0.2, 0) is 6.42 Å². The Bertz CT molecular complexity index is 2560. The fourth-order valence-electron chi connectivity index (χ4n) is 7.31. The minimum Gasteiger partial charge on any atom is -0.309 e. The van der Waals surface area contributed by atoms with E-state index in [-0.39, 0.29) is 17.4 Å². The van der Waals surface area contributed by atoms with E-state index in [1.807, 2.05) is 71.3 Å². The smallest absolute Gasteiger partial charge is 0.271 e. The maximum Gasteiger partial charge on any atom is 0.271 e. The Morgan fingerprint density at radius 3 is 2.12 bits per heavy atom. The third-order valence-electron chi connectivity index (χ3n) is 9.51. The molecule has 4 nitrogen and oxygen atoms in total. The first-order valence-electron chi connectivity index (χ1n) is 16.4.